The van der Waals surface area contributed by atoms with E-state index in [9.17, 15) is 4.79 Å². The van der Waals surface area contributed by atoms with E-state index in [1.165, 1.54) is 35.1 Å². The number of fused-ring (bicyclic) bond motifs is 1. The number of benzene rings is 1. The molecule has 4 nitrogen and oxygen atoms in total. The van der Waals surface area contributed by atoms with Crippen molar-refractivity contribution in [1.29, 1.82) is 0 Å². The third kappa shape index (κ3) is 4.03. The van der Waals surface area contributed by atoms with Gasteiger partial charge in [0.15, 0.2) is 0 Å². The van der Waals surface area contributed by atoms with Crippen LogP contribution in [0.3, 0.4) is 0 Å². The molecule has 4 heteroatoms. The van der Waals surface area contributed by atoms with E-state index in [2.05, 4.69) is 64.7 Å². The lowest BCUT2D eigenvalue weighted by molar-refractivity contribution is 0.0508. The van der Waals surface area contributed by atoms with E-state index in [4.69, 9.17) is 4.74 Å². The molecule has 0 bridgehead atoms. The normalized spacial score (nSPS) is 17.7. The molecule has 1 aliphatic carbocycles. The van der Waals surface area contributed by atoms with E-state index in [1.54, 1.807) is 11.5 Å². The molecular weight excluding hydrogens is 360 g/mol. The molecule has 0 saturated carbocycles. The zero-order chi connectivity index (χ0) is 21.6. The Morgan fingerprint density at radius 2 is 1.76 bits per heavy atom. The summed E-state index contributed by atoms with van der Waals surface area (Å²) in [5.41, 5.74) is 7.77. The second kappa shape index (κ2) is 7.47. The molecule has 0 spiro atoms. The van der Waals surface area contributed by atoms with Gasteiger partial charge in [0.2, 0.25) is 5.82 Å². The van der Waals surface area contributed by atoms with Crippen molar-refractivity contribution in [2.45, 2.75) is 72.1 Å². The van der Waals surface area contributed by atoms with Crippen molar-refractivity contribution in [1.82, 2.24) is 9.55 Å². The molecule has 0 atom stereocenters. The van der Waals surface area contributed by atoms with E-state index in [1.807, 2.05) is 13.2 Å². The van der Waals surface area contributed by atoms with E-state index < -0.39 is 0 Å². The molecule has 1 heterocycles. The fourth-order valence-corrected chi connectivity index (χ4v) is 4.39. The number of hydrogen-bond acceptors (Lipinski definition) is 3. The van der Waals surface area contributed by atoms with E-state index in [0.29, 0.717) is 12.4 Å². The van der Waals surface area contributed by atoms with Gasteiger partial charge in [-0.3, -0.25) is 0 Å². The van der Waals surface area contributed by atoms with Crippen molar-refractivity contribution in [3.63, 3.8) is 0 Å². The third-order valence-electron chi connectivity index (χ3n) is 6.34. The first-order valence-corrected chi connectivity index (χ1v) is 10.5. The third-order valence-corrected chi connectivity index (χ3v) is 6.34. The van der Waals surface area contributed by atoms with Gasteiger partial charge >= 0.3 is 5.97 Å². The smallest absolute Gasteiger partial charge is 0.374 e. The second-order valence-electron chi connectivity index (χ2n) is 9.63. The summed E-state index contributed by atoms with van der Waals surface area (Å²) in [5, 5.41) is 0. The van der Waals surface area contributed by atoms with Gasteiger partial charge in [-0.15, -0.1) is 0 Å². The molecule has 0 radical (unpaired) electrons. The summed E-state index contributed by atoms with van der Waals surface area (Å²) in [6.07, 6.45) is 6.33. The molecule has 2 aromatic rings. The first-order valence-electron chi connectivity index (χ1n) is 10.5. The number of ether oxygens (including phenoxy) is 1. The number of allylic oxidation sites excluding steroid dienone is 1. The minimum atomic E-state index is -0.388. The van der Waals surface area contributed by atoms with Crippen molar-refractivity contribution in [2.24, 2.45) is 7.05 Å². The average Bonchev–Trinajstić information content (AvgIpc) is 2.99. The standard InChI is InChI=1S/C25H34N2O2/c1-9-29-23(28)22-26-18(15-27(22)8)12-16(2)19-14-21-20(13-17(19)3)24(4,5)10-11-25(21,6)7/h12-15H,9-11H2,1-8H3. The predicted octanol–water partition coefficient (Wildman–Crippen LogP) is 5.81. The summed E-state index contributed by atoms with van der Waals surface area (Å²) in [5.74, 6) is -0.0582. The maximum Gasteiger partial charge on any atom is 0.374 e. The highest BCUT2D eigenvalue weighted by Crippen LogP contribution is 2.47. The Morgan fingerprint density at radius 1 is 1.17 bits per heavy atom. The lowest BCUT2D eigenvalue weighted by atomic mass is 9.62. The van der Waals surface area contributed by atoms with Gasteiger partial charge in [0.1, 0.15) is 0 Å². The van der Waals surface area contributed by atoms with Gasteiger partial charge in [-0.25, -0.2) is 9.78 Å². The number of aromatic nitrogens is 2. The number of aryl methyl sites for hydroxylation is 2. The second-order valence-corrected chi connectivity index (χ2v) is 9.63. The Balaban J connectivity index is 2.03. The van der Waals surface area contributed by atoms with Gasteiger partial charge in [-0.2, -0.15) is 0 Å². The quantitative estimate of drug-likeness (QED) is 0.614. The van der Waals surface area contributed by atoms with Gasteiger partial charge in [0.05, 0.1) is 12.3 Å². The van der Waals surface area contributed by atoms with Gasteiger partial charge in [0.25, 0.3) is 0 Å². The Hall–Kier alpha value is -2.36. The van der Waals surface area contributed by atoms with Crippen LogP contribution in [0, 0.1) is 6.92 Å². The van der Waals surface area contributed by atoms with E-state index >= 15 is 0 Å². The van der Waals surface area contributed by atoms with Crippen LogP contribution in [0.25, 0.3) is 11.6 Å². The molecular formula is C25H34N2O2. The SMILES string of the molecule is CCOC(=O)c1nc(C=C(C)c2cc3c(cc2C)C(C)(C)CCC3(C)C)cn1C. The fourth-order valence-electron chi connectivity index (χ4n) is 4.39. The Labute approximate surface area is 175 Å². The number of carbonyl (C=O) groups is 1. The maximum atomic E-state index is 12.1. The summed E-state index contributed by atoms with van der Waals surface area (Å²) in [7, 11) is 1.82. The van der Waals surface area contributed by atoms with Crippen LogP contribution in [-0.4, -0.2) is 22.1 Å². The largest absolute Gasteiger partial charge is 0.460 e. The number of nitrogens with zero attached hydrogens (tertiary/aromatic N) is 2. The number of rotatable bonds is 4. The lowest BCUT2D eigenvalue weighted by Crippen LogP contribution is -2.34. The van der Waals surface area contributed by atoms with Crippen LogP contribution in [0.4, 0.5) is 0 Å². The lowest BCUT2D eigenvalue weighted by Gasteiger charge is -2.42. The summed E-state index contributed by atoms with van der Waals surface area (Å²) < 4.78 is 6.82. The highest BCUT2D eigenvalue weighted by Gasteiger charge is 2.37. The minimum absolute atomic E-state index is 0.176. The zero-order valence-electron chi connectivity index (χ0n) is 19.1. The van der Waals surface area contributed by atoms with Crippen LogP contribution in [-0.2, 0) is 22.6 Å². The highest BCUT2D eigenvalue weighted by molar-refractivity contribution is 5.87. The number of esters is 1. The topological polar surface area (TPSA) is 44.1 Å². The van der Waals surface area contributed by atoms with Crippen LogP contribution in [0.15, 0.2) is 18.3 Å². The first-order chi connectivity index (χ1) is 13.5. The Bertz CT molecular complexity index is 977. The number of hydrogen-bond donors (Lipinski definition) is 0. The van der Waals surface area contributed by atoms with Crippen LogP contribution < -0.4 is 0 Å². The van der Waals surface area contributed by atoms with Gasteiger partial charge < -0.3 is 9.30 Å². The summed E-state index contributed by atoms with van der Waals surface area (Å²) >= 11 is 0. The van der Waals surface area contributed by atoms with Crippen molar-refractivity contribution < 1.29 is 9.53 Å². The Morgan fingerprint density at radius 3 is 2.34 bits per heavy atom. The summed E-state index contributed by atoms with van der Waals surface area (Å²) in [6.45, 7) is 15.9. The molecule has 0 amide bonds. The molecule has 29 heavy (non-hydrogen) atoms. The van der Waals surface area contributed by atoms with Gasteiger partial charge in [0, 0.05) is 13.2 Å². The zero-order valence-corrected chi connectivity index (χ0v) is 19.1. The monoisotopic (exact) mass is 394 g/mol. The highest BCUT2D eigenvalue weighted by atomic mass is 16.5. The summed E-state index contributed by atoms with van der Waals surface area (Å²) in [6, 6.07) is 4.76. The van der Waals surface area contributed by atoms with Gasteiger partial charge in [-0.05, 0) is 78.3 Å². The van der Waals surface area contributed by atoms with Crippen LogP contribution in [0.5, 0.6) is 0 Å². The number of carbonyl (C=O) groups excluding carboxylic acids is 1. The molecule has 0 saturated heterocycles. The van der Waals surface area contributed by atoms with E-state index in [-0.39, 0.29) is 16.8 Å². The molecule has 3 rings (SSSR count). The van der Waals surface area contributed by atoms with E-state index in [0.717, 1.165) is 11.3 Å². The van der Waals surface area contributed by atoms with Crippen molar-refractivity contribution in [3.8, 4) is 0 Å². The molecule has 156 valence electrons. The van der Waals surface area contributed by atoms with Crippen molar-refractivity contribution in [2.75, 3.05) is 6.61 Å². The van der Waals surface area contributed by atoms with Crippen LogP contribution in [0.1, 0.15) is 93.0 Å². The average molecular weight is 395 g/mol. The van der Waals surface area contributed by atoms with Crippen LogP contribution >= 0.6 is 0 Å². The molecule has 0 N–H and O–H groups in total. The predicted molar refractivity (Wildman–Crippen MR) is 119 cm³/mol. The molecule has 1 aromatic heterocycles. The van der Waals surface area contributed by atoms with Crippen LogP contribution in [0.2, 0.25) is 0 Å². The molecule has 0 aliphatic heterocycles. The first kappa shape index (κ1) is 21.4. The van der Waals surface area contributed by atoms with Crippen molar-refractivity contribution in [3.05, 3.63) is 52.1 Å². The number of imidazole rings is 1. The molecule has 0 unspecified atom stereocenters. The minimum Gasteiger partial charge on any atom is -0.460 e. The fraction of sp³-hybridized carbons (Fsp3) is 0.520. The molecule has 1 aromatic carbocycles. The summed E-state index contributed by atoms with van der Waals surface area (Å²) in [4.78, 5) is 16.5. The molecule has 0 fully saturated rings. The molecule has 1 aliphatic rings. The van der Waals surface area contributed by atoms with Crippen molar-refractivity contribution >= 4 is 17.6 Å². The van der Waals surface area contributed by atoms with Gasteiger partial charge in [-0.1, -0.05) is 39.8 Å². The Kier molecular flexibility index (Phi) is 5.50. The maximum absolute atomic E-state index is 12.1.